The van der Waals surface area contributed by atoms with Crippen molar-refractivity contribution in [3.8, 4) is 0 Å². The minimum Gasteiger partial charge on any atom is -0.317 e. The van der Waals surface area contributed by atoms with E-state index in [1.165, 1.54) is 0 Å². The van der Waals surface area contributed by atoms with Crippen LogP contribution < -0.4 is 10.0 Å². The summed E-state index contributed by atoms with van der Waals surface area (Å²) in [5.41, 5.74) is 0. The summed E-state index contributed by atoms with van der Waals surface area (Å²) in [5.74, 6) is 0.242. The molecular weight excluding hydrogens is 280 g/mol. The van der Waals surface area contributed by atoms with E-state index in [2.05, 4.69) is 23.2 Å². The van der Waals surface area contributed by atoms with Gasteiger partial charge in [-0.1, -0.05) is 6.92 Å². The first-order chi connectivity index (χ1) is 9.07. The maximum absolute atomic E-state index is 11.9. The average Bonchev–Trinajstić information content (AvgIpc) is 2.39. The predicted octanol–water partition coefficient (Wildman–Crippen LogP) is 1.97. The third-order valence-electron chi connectivity index (χ3n) is 3.55. The molecule has 2 N–H and O–H groups in total. The van der Waals surface area contributed by atoms with Crippen molar-refractivity contribution in [2.45, 2.75) is 56.7 Å². The highest BCUT2D eigenvalue weighted by Crippen LogP contribution is 2.27. The van der Waals surface area contributed by atoms with E-state index in [1.54, 1.807) is 0 Å². The fraction of sp³-hybridized carbons (Fsp3) is 1.00. The van der Waals surface area contributed by atoms with Crippen LogP contribution in [0.25, 0.3) is 0 Å². The Labute approximate surface area is 122 Å². The fourth-order valence-corrected chi connectivity index (χ4v) is 4.55. The minimum absolute atomic E-state index is 0.164. The summed E-state index contributed by atoms with van der Waals surface area (Å²) in [4.78, 5) is 0. The van der Waals surface area contributed by atoms with Gasteiger partial charge in [0.25, 0.3) is 0 Å². The Bertz CT molecular complexity index is 326. The summed E-state index contributed by atoms with van der Waals surface area (Å²) < 4.78 is 26.7. The van der Waals surface area contributed by atoms with E-state index in [9.17, 15) is 8.42 Å². The van der Waals surface area contributed by atoms with E-state index in [4.69, 9.17) is 0 Å². The zero-order valence-electron chi connectivity index (χ0n) is 12.2. The molecule has 1 fully saturated rings. The van der Waals surface area contributed by atoms with Crippen LogP contribution in [-0.2, 0) is 10.0 Å². The first-order valence-corrected chi connectivity index (χ1v) is 10.2. The molecule has 0 aromatic carbocycles. The topological polar surface area (TPSA) is 58.2 Å². The van der Waals surface area contributed by atoms with Gasteiger partial charge in [0.15, 0.2) is 0 Å². The predicted molar refractivity (Wildman–Crippen MR) is 84.3 cm³/mol. The van der Waals surface area contributed by atoms with Crippen molar-refractivity contribution in [2.24, 2.45) is 0 Å². The lowest BCUT2D eigenvalue weighted by Crippen LogP contribution is -2.39. The molecule has 1 aliphatic rings. The maximum Gasteiger partial charge on any atom is 0.211 e. The van der Waals surface area contributed by atoms with Gasteiger partial charge in [-0.2, -0.15) is 11.8 Å². The van der Waals surface area contributed by atoms with Crippen molar-refractivity contribution in [3.05, 3.63) is 0 Å². The van der Waals surface area contributed by atoms with Gasteiger partial charge in [0.05, 0.1) is 5.75 Å². The van der Waals surface area contributed by atoms with Crippen LogP contribution in [0.5, 0.6) is 0 Å². The quantitative estimate of drug-likeness (QED) is 0.639. The summed E-state index contributed by atoms with van der Waals surface area (Å²) in [7, 11) is -3.09. The standard InChI is InChI=1S/C13H28N2O2S2/c1-3-9-14-10-4-11-19(16,17)15-12-5-7-13(18-2)8-6-12/h12-15H,3-11H2,1-2H3. The van der Waals surface area contributed by atoms with Crippen molar-refractivity contribution >= 4 is 21.8 Å². The lowest BCUT2D eigenvalue weighted by Gasteiger charge is -2.27. The molecule has 114 valence electrons. The second-order valence-electron chi connectivity index (χ2n) is 5.25. The van der Waals surface area contributed by atoms with Gasteiger partial charge in [-0.3, -0.25) is 0 Å². The molecule has 0 radical (unpaired) electrons. The molecule has 0 saturated heterocycles. The van der Waals surface area contributed by atoms with Crippen molar-refractivity contribution in [1.82, 2.24) is 10.0 Å². The first kappa shape index (κ1) is 17.3. The van der Waals surface area contributed by atoms with Crippen LogP contribution >= 0.6 is 11.8 Å². The summed E-state index contributed by atoms with van der Waals surface area (Å²) in [5, 5.41) is 3.95. The van der Waals surface area contributed by atoms with Crippen LogP contribution in [0.4, 0.5) is 0 Å². The second kappa shape index (κ2) is 9.21. The molecular formula is C13H28N2O2S2. The molecule has 1 saturated carbocycles. The monoisotopic (exact) mass is 308 g/mol. The van der Waals surface area contributed by atoms with Crippen LogP contribution in [0, 0.1) is 0 Å². The van der Waals surface area contributed by atoms with E-state index >= 15 is 0 Å². The Balaban J connectivity index is 2.19. The molecule has 19 heavy (non-hydrogen) atoms. The lowest BCUT2D eigenvalue weighted by atomic mass is 9.96. The molecule has 0 aliphatic heterocycles. The fourth-order valence-electron chi connectivity index (χ4n) is 2.42. The highest BCUT2D eigenvalue weighted by molar-refractivity contribution is 7.99. The van der Waals surface area contributed by atoms with Crippen molar-refractivity contribution in [2.75, 3.05) is 25.1 Å². The Morgan fingerprint density at radius 2 is 1.84 bits per heavy atom. The zero-order valence-corrected chi connectivity index (χ0v) is 13.8. The molecule has 0 heterocycles. The van der Waals surface area contributed by atoms with Gasteiger partial charge < -0.3 is 5.32 Å². The van der Waals surface area contributed by atoms with Crippen LogP contribution in [0.15, 0.2) is 0 Å². The Hall–Kier alpha value is 0.220. The number of hydrogen-bond donors (Lipinski definition) is 2. The SMILES string of the molecule is CCCNCCCS(=O)(=O)NC1CCC(SC)CC1. The van der Waals surface area contributed by atoms with E-state index in [-0.39, 0.29) is 11.8 Å². The van der Waals surface area contributed by atoms with Gasteiger partial charge in [0, 0.05) is 11.3 Å². The van der Waals surface area contributed by atoms with Crippen LogP contribution in [0.2, 0.25) is 0 Å². The van der Waals surface area contributed by atoms with Crippen LogP contribution in [0.3, 0.4) is 0 Å². The van der Waals surface area contributed by atoms with Gasteiger partial charge in [0.2, 0.25) is 10.0 Å². The van der Waals surface area contributed by atoms with Crippen molar-refractivity contribution in [1.29, 1.82) is 0 Å². The van der Waals surface area contributed by atoms with E-state index in [0.29, 0.717) is 6.42 Å². The van der Waals surface area contributed by atoms with E-state index < -0.39 is 10.0 Å². The van der Waals surface area contributed by atoms with Gasteiger partial charge in [-0.15, -0.1) is 0 Å². The molecule has 4 nitrogen and oxygen atoms in total. The summed E-state index contributed by atoms with van der Waals surface area (Å²) in [6.07, 6.45) is 8.15. The van der Waals surface area contributed by atoms with Gasteiger partial charge >= 0.3 is 0 Å². The highest BCUT2D eigenvalue weighted by Gasteiger charge is 2.23. The van der Waals surface area contributed by atoms with Crippen LogP contribution in [-0.4, -0.2) is 44.8 Å². The second-order valence-corrected chi connectivity index (χ2v) is 8.26. The summed E-state index contributed by atoms with van der Waals surface area (Å²) >= 11 is 1.90. The molecule has 0 spiro atoms. The number of hydrogen-bond acceptors (Lipinski definition) is 4. The molecule has 0 amide bonds. The summed E-state index contributed by atoms with van der Waals surface area (Å²) in [6.45, 7) is 3.86. The zero-order chi connectivity index (χ0) is 14.1. The van der Waals surface area contributed by atoms with Gasteiger partial charge in [-0.25, -0.2) is 13.1 Å². The maximum atomic E-state index is 11.9. The first-order valence-electron chi connectivity index (χ1n) is 7.31. The van der Waals surface area contributed by atoms with Gasteiger partial charge in [-0.05, 0) is 57.9 Å². The van der Waals surface area contributed by atoms with E-state index in [1.807, 2.05) is 11.8 Å². The summed E-state index contributed by atoms with van der Waals surface area (Å²) in [6, 6.07) is 0.164. The van der Waals surface area contributed by atoms with Crippen molar-refractivity contribution < 1.29 is 8.42 Å². The van der Waals surface area contributed by atoms with E-state index in [0.717, 1.165) is 50.4 Å². The molecule has 0 atom stereocenters. The minimum atomic E-state index is -3.09. The Morgan fingerprint density at radius 1 is 1.16 bits per heavy atom. The molecule has 0 aromatic heterocycles. The molecule has 1 aliphatic carbocycles. The molecule has 0 aromatic rings. The highest BCUT2D eigenvalue weighted by atomic mass is 32.2. The number of thioether (sulfide) groups is 1. The normalized spacial score (nSPS) is 24.5. The molecule has 0 unspecified atom stereocenters. The molecule has 0 bridgehead atoms. The smallest absolute Gasteiger partial charge is 0.211 e. The Morgan fingerprint density at radius 3 is 2.42 bits per heavy atom. The Kier molecular flexibility index (Phi) is 8.37. The number of nitrogens with one attached hydrogen (secondary N) is 2. The average molecular weight is 309 g/mol. The van der Waals surface area contributed by atoms with Gasteiger partial charge in [0.1, 0.15) is 0 Å². The number of sulfonamides is 1. The number of rotatable bonds is 9. The largest absolute Gasteiger partial charge is 0.317 e. The van der Waals surface area contributed by atoms with Crippen molar-refractivity contribution in [3.63, 3.8) is 0 Å². The molecule has 1 rings (SSSR count). The molecule has 6 heteroatoms. The lowest BCUT2D eigenvalue weighted by molar-refractivity contribution is 0.419. The third kappa shape index (κ3) is 7.54. The van der Waals surface area contributed by atoms with Crippen LogP contribution in [0.1, 0.15) is 45.4 Å². The third-order valence-corrected chi connectivity index (χ3v) is 6.20.